The molecule has 0 aromatic heterocycles. The second-order valence-corrected chi connectivity index (χ2v) is 3.70. The van der Waals surface area contributed by atoms with Crippen molar-refractivity contribution in [2.45, 2.75) is 19.4 Å². The molecule has 0 N–H and O–H groups in total. The second-order valence-electron chi connectivity index (χ2n) is 3.70. The van der Waals surface area contributed by atoms with Crippen molar-refractivity contribution < 1.29 is 56.5 Å². The summed E-state index contributed by atoms with van der Waals surface area (Å²) in [6, 6.07) is -0.727. The van der Waals surface area contributed by atoms with E-state index in [0.717, 1.165) is 5.92 Å². The third-order valence-corrected chi connectivity index (χ3v) is 2.31. The van der Waals surface area contributed by atoms with Crippen molar-refractivity contribution in [1.29, 1.82) is 0 Å². The molecule has 1 atom stereocenters. The van der Waals surface area contributed by atoms with Crippen LogP contribution >= 0.6 is 0 Å². The number of carboxylic acids is 1. The van der Waals surface area contributed by atoms with Crippen LogP contribution in [0.3, 0.4) is 0 Å². The summed E-state index contributed by atoms with van der Waals surface area (Å²) in [4.78, 5) is 14.4. The maximum absolute atomic E-state index is 10.5. The normalized spacial score (nSPS) is 19.6. The number of aliphatic carboxylic acids is 1. The van der Waals surface area contributed by atoms with Gasteiger partial charge in [-0.15, -0.1) is 0 Å². The molecule has 2 saturated carbocycles. The van der Waals surface area contributed by atoms with Crippen LogP contribution in [0, 0.1) is 63.7 Å². The van der Waals surface area contributed by atoms with Crippen LogP contribution in [0.25, 0.3) is 0 Å². The molecule has 0 saturated heterocycles. The zero-order valence-corrected chi connectivity index (χ0v) is 14.8. The maximum Gasteiger partial charge on any atom is 2.00 e. The van der Waals surface area contributed by atoms with Crippen molar-refractivity contribution in [2.24, 2.45) is 4.99 Å². The zero-order valence-electron chi connectivity index (χ0n) is 11.7. The molecule has 3 nitrogen and oxygen atoms in total. The van der Waals surface area contributed by atoms with Crippen LogP contribution in [0.1, 0.15) is 13.3 Å². The predicted octanol–water partition coefficient (Wildman–Crippen LogP) is -1.99. The molecule has 0 bridgehead atoms. The zero-order chi connectivity index (χ0) is 13.2. The number of rotatable bonds is 4. The summed E-state index contributed by atoms with van der Waals surface area (Å²) in [5.41, 5.74) is 0. The molecule has 0 amide bonds. The Morgan fingerprint density at radius 2 is 1.60 bits per heavy atom. The average Bonchev–Trinajstić information content (AvgIpc) is 3.06. The number of aliphatic imine (C=N–C) groups is 1. The first-order valence-corrected chi connectivity index (χ1v) is 5.86. The van der Waals surface area contributed by atoms with Crippen molar-refractivity contribution in [3.8, 4) is 0 Å². The Morgan fingerprint density at radius 1 is 1.15 bits per heavy atom. The summed E-state index contributed by atoms with van der Waals surface area (Å²) < 4.78 is 0. The molecule has 100 valence electrons. The van der Waals surface area contributed by atoms with Gasteiger partial charge in [-0.2, -0.15) is 0 Å². The van der Waals surface area contributed by atoms with Gasteiger partial charge in [0.2, 0.25) is 0 Å². The van der Waals surface area contributed by atoms with Crippen LogP contribution < -0.4 is 34.7 Å². The smallest absolute Gasteiger partial charge is 0.548 e. The molecule has 0 unspecified atom stereocenters. The molecule has 2 fully saturated rings. The van der Waals surface area contributed by atoms with Crippen molar-refractivity contribution in [3.63, 3.8) is 0 Å². The van der Waals surface area contributed by atoms with Gasteiger partial charge in [0, 0.05) is 12.1 Å². The molecule has 2 aliphatic rings. The third-order valence-electron chi connectivity index (χ3n) is 2.31. The van der Waals surface area contributed by atoms with Crippen LogP contribution in [0.5, 0.6) is 0 Å². The number of hydrogen-bond acceptors (Lipinski definition) is 3. The van der Waals surface area contributed by atoms with Gasteiger partial charge in [-0.05, 0) is 64.2 Å². The first kappa shape index (κ1) is 22.9. The van der Waals surface area contributed by atoms with E-state index < -0.39 is 12.0 Å². The summed E-state index contributed by atoms with van der Waals surface area (Å²) in [5.74, 6) is -0.204. The number of carbonyl (C=O) groups excluding carboxylic acids is 1. The first-order chi connectivity index (χ1) is 8.74. The second kappa shape index (κ2) is 14.6. The van der Waals surface area contributed by atoms with E-state index in [4.69, 9.17) is 0 Å². The van der Waals surface area contributed by atoms with E-state index in [1.807, 2.05) is 57.8 Å². The van der Waals surface area contributed by atoms with Crippen LogP contribution in [-0.2, 0) is 21.9 Å². The van der Waals surface area contributed by atoms with E-state index >= 15 is 0 Å². The fraction of sp³-hybridized carbons (Fsp3) is 0.200. The van der Waals surface area contributed by atoms with E-state index in [-0.39, 0.29) is 46.6 Å². The molecule has 0 spiro atoms. The predicted molar refractivity (Wildman–Crippen MR) is 69.5 cm³/mol. The van der Waals surface area contributed by atoms with Crippen molar-refractivity contribution in [3.05, 3.63) is 63.7 Å². The van der Waals surface area contributed by atoms with Gasteiger partial charge in [0.15, 0.2) is 0 Å². The number of carboxylic acid groups (broad SMARTS) is 1. The van der Waals surface area contributed by atoms with Crippen LogP contribution in [0.15, 0.2) is 4.99 Å². The van der Waals surface area contributed by atoms with Gasteiger partial charge in [0.25, 0.3) is 0 Å². The summed E-state index contributed by atoms with van der Waals surface area (Å²) in [6.07, 6.45) is 19.5. The largest absolute Gasteiger partial charge is 2.00 e. The fourth-order valence-corrected chi connectivity index (χ4v) is 1.30. The Bertz CT molecular complexity index is 257. The minimum Gasteiger partial charge on any atom is -0.548 e. The molecule has 10 radical (unpaired) electrons. The van der Waals surface area contributed by atoms with Gasteiger partial charge in [-0.25, -0.2) is 0 Å². The van der Waals surface area contributed by atoms with Crippen molar-refractivity contribution in [1.82, 2.24) is 0 Å². The summed E-state index contributed by atoms with van der Waals surface area (Å²) in [7, 11) is 0. The minimum absolute atomic E-state index is 0. The van der Waals surface area contributed by atoms with Gasteiger partial charge >= 0.3 is 46.6 Å². The van der Waals surface area contributed by atoms with E-state index in [0.29, 0.717) is 6.42 Å². The number of hydrogen-bond donors (Lipinski definition) is 0. The Hall–Kier alpha value is 0.659. The molecule has 0 aliphatic heterocycles. The molecule has 20 heavy (non-hydrogen) atoms. The monoisotopic (exact) mass is 321 g/mol. The number of nitrogens with zero attached hydrogens (tertiary/aromatic N) is 1. The first-order valence-electron chi connectivity index (χ1n) is 5.86. The van der Waals surface area contributed by atoms with E-state index in [1.54, 1.807) is 13.1 Å². The summed E-state index contributed by atoms with van der Waals surface area (Å²) in [5, 5.41) is 10.5. The standard InChI is InChI=1S/C10H12NO2.C5H5.Fe.Na/c1-2-9(10(12)13)11-7-8-5-3-4-6-8;1-2-4-5-3-1;;/h3-7,9H,2H2,1H3,(H,12,13);1-5H;;/q;;+2;+1/p-1/t9-;;;/m0.../s1. The van der Waals surface area contributed by atoms with Crippen LogP contribution in [0.2, 0.25) is 0 Å². The number of carbonyl (C=O) groups is 1. The van der Waals surface area contributed by atoms with E-state index in [1.165, 1.54) is 0 Å². The quantitative estimate of drug-likeness (QED) is 0.445. The Morgan fingerprint density at radius 3 is 1.95 bits per heavy atom. The molecule has 2 aliphatic carbocycles. The minimum atomic E-state index is -1.12. The van der Waals surface area contributed by atoms with Crippen molar-refractivity contribution in [2.75, 3.05) is 0 Å². The van der Waals surface area contributed by atoms with Gasteiger partial charge in [-0.3, -0.25) is 4.99 Å². The maximum atomic E-state index is 10.5. The topological polar surface area (TPSA) is 52.5 Å². The van der Waals surface area contributed by atoms with Gasteiger partial charge in [0.1, 0.15) is 0 Å². The summed E-state index contributed by atoms with van der Waals surface area (Å²) >= 11 is 0. The Labute approximate surface area is 156 Å². The average molecular weight is 321 g/mol. The molecular formula is C15H16FeNNaO2+2. The molecule has 0 aromatic rings. The molecular weight excluding hydrogens is 305 g/mol. The van der Waals surface area contributed by atoms with E-state index in [9.17, 15) is 9.90 Å². The SMILES string of the molecule is CC[C@H](N=C[C]1[CH][CH][CH][CH]1)C(=O)[O-].[CH]1[CH][CH][CH][CH]1.[Fe+2].[Na+]. The van der Waals surface area contributed by atoms with Crippen LogP contribution in [0.4, 0.5) is 0 Å². The van der Waals surface area contributed by atoms with Gasteiger partial charge in [-0.1, -0.05) is 6.92 Å². The Kier molecular flexibility index (Phi) is 16.7. The molecule has 0 heterocycles. The third kappa shape index (κ3) is 10.4. The fourth-order valence-electron chi connectivity index (χ4n) is 1.30. The van der Waals surface area contributed by atoms with E-state index in [2.05, 4.69) is 4.99 Å². The van der Waals surface area contributed by atoms with Gasteiger partial charge in [0.05, 0.1) is 12.0 Å². The molecule has 0 aromatic carbocycles. The van der Waals surface area contributed by atoms with Gasteiger partial charge < -0.3 is 9.90 Å². The summed E-state index contributed by atoms with van der Waals surface area (Å²) in [6.45, 7) is 1.77. The Balaban J connectivity index is 0. The van der Waals surface area contributed by atoms with Crippen molar-refractivity contribution >= 4 is 12.2 Å². The molecule has 5 heteroatoms. The van der Waals surface area contributed by atoms with Crippen LogP contribution in [-0.4, -0.2) is 18.2 Å². The molecule has 2 rings (SSSR count).